The number of hydrogen-bond acceptors (Lipinski definition) is 3. The molecule has 0 aromatic rings. The Morgan fingerprint density at radius 3 is 2.95 bits per heavy atom. The molecule has 4 nitrogen and oxygen atoms in total. The molecule has 2 atom stereocenters. The minimum Gasteiger partial charge on any atom is -0.376 e. The summed E-state index contributed by atoms with van der Waals surface area (Å²) < 4.78 is 5.69. The van der Waals surface area contributed by atoms with Crippen molar-refractivity contribution in [3.05, 3.63) is 23.4 Å². The van der Waals surface area contributed by atoms with Gasteiger partial charge in [0.15, 0.2) is 0 Å². The summed E-state index contributed by atoms with van der Waals surface area (Å²) in [5.74, 6) is 0.147. The van der Waals surface area contributed by atoms with Crippen molar-refractivity contribution in [3.8, 4) is 0 Å². The second-order valence-corrected chi connectivity index (χ2v) is 5.46. The van der Waals surface area contributed by atoms with Gasteiger partial charge in [0.1, 0.15) is 0 Å². The summed E-state index contributed by atoms with van der Waals surface area (Å²) in [6.07, 6.45) is 5.23. The molecule has 19 heavy (non-hydrogen) atoms. The lowest BCUT2D eigenvalue weighted by Crippen LogP contribution is -2.41. The molecule has 2 aliphatic heterocycles. The van der Waals surface area contributed by atoms with Crippen LogP contribution in [0.1, 0.15) is 27.2 Å². The normalized spacial score (nSPS) is 28.8. The molecule has 0 radical (unpaired) electrons. The number of rotatable bonds is 3. The second-order valence-electron chi connectivity index (χ2n) is 5.46. The van der Waals surface area contributed by atoms with Gasteiger partial charge in [-0.2, -0.15) is 0 Å². The Morgan fingerprint density at radius 1 is 1.47 bits per heavy atom. The van der Waals surface area contributed by atoms with Crippen LogP contribution in [0.15, 0.2) is 23.4 Å². The monoisotopic (exact) mass is 264 g/mol. The zero-order chi connectivity index (χ0) is 13.8. The first-order chi connectivity index (χ1) is 9.08. The molecule has 4 heteroatoms. The maximum absolute atomic E-state index is 12.4. The summed E-state index contributed by atoms with van der Waals surface area (Å²) >= 11 is 0. The largest absolute Gasteiger partial charge is 0.376 e. The van der Waals surface area contributed by atoms with Crippen LogP contribution in [-0.4, -0.2) is 43.2 Å². The third kappa shape index (κ3) is 3.67. The molecule has 0 spiro atoms. The fourth-order valence-corrected chi connectivity index (χ4v) is 2.71. The van der Waals surface area contributed by atoms with Gasteiger partial charge in [0.25, 0.3) is 0 Å². The highest BCUT2D eigenvalue weighted by Crippen LogP contribution is 2.20. The number of carbonyl (C=O) groups is 1. The molecule has 0 aromatic carbocycles. The highest BCUT2D eigenvalue weighted by molar-refractivity contribution is 5.82. The first-order valence-corrected chi connectivity index (χ1v) is 7.08. The molecule has 1 N–H and O–H groups in total. The molecule has 0 saturated carbocycles. The van der Waals surface area contributed by atoms with E-state index in [2.05, 4.69) is 11.4 Å². The Kier molecular flexibility index (Phi) is 4.77. The van der Waals surface area contributed by atoms with Crippen LogP contribution in [-0.2, 0) is 9.53 Å². The van der Waals surface area contributed by atoms with Crippen LogP contribution in [0.2, 0.25) is 0 Å². The van der Waals surface area contributed by atoms with Gasteiger partial charge in [-0.3, -0.25) is 4.79 Å². The van der Waals surface area contributed by atoms with E-state index in [1.165, 1.54) is 0 Å². The number of amides is 1. The fraction of sp³-hybridized carbons (Fsp3) is 0.667. The number of hydrogen-bond donors (Lipinski definition) is 1. The van der Waals surface area contributed by atoms with E-state index >= 15 is 0 Å². The van der Waals surface area contributed by atoms with Gasteiger partial charge in [-0.25, -0.2) is 0 Å². The van der Waals surface area contributed by atoms with E-state index in [1.54, 1.807) is 0 Å². The standard InChI is InChI=1S/C15H24N2O2/c1-11-8-12(2)15(18)17(13(3)9-11)6-4-14-10-16-5-7-19-14/h8-9,12,14,16H,4-7,10H2,1-3H3. The Morgan fingerprint density at radius 2 is 2.26 bits per heavy atom. The van der Waals surface area contributed by atoms with Crippen molar-refractivity contribution in [2.24, 2.45) is 5.92 Å². The van der Waals surface area contributed by atoms with Gasteiger partial charge in [-0.1, -0.05) is 18.6 Å². The molecular formula is C15H24N2O2. The summed E-state index contributed by atoms with van der Waals surface area (Å²) in [5, 5.41) is 3.32. The van der Waals surface area contributed by atoms with Crippen molar-refractivity contribution in [1.29, 1.82) is 0 Å². The van der Waals surface area contributed by atoms with Gasteiger partial charge in [0.2, 0.25) is 5.91 Å². The van der Waals surface area contributed by atoms with E-state index in [9.17, 15) is 4.79 Å². The number of carbonyl (C=O) groups excluding carboxylic acids is 1. The lowest BCUT2D eigenvalue weighted by molar-refractivity contribution is -0.131. The fourth-order valence-electron chi connectivity index (χ4n) is 2.71. The summed E-state index contributed by atoms with van der Waals surface area (Å²) in [5.41, 5.74) is 2.20. The predicted molar refractivity (Wildman–Crippen MR) is 75.6 cm³/mol. The first kappa shape index (κ1) is 14.3. The molecule has 1 amide bonds. The quantitative estimate of drug-likeness (QED) is 0.843. The van der Waals surface area contributed by atoms with E-state index in [4.69, 9.17) is 4.74 Å². The van der Waals surface area contributed by atoms with Gasteiger partial charge in [-0.15, -0.1) is 0 Å². The lowest BCUT2D eigenvalue weighted by atomic mass is 10.1. The molecule has 0 aromatic heterocycles. The van der Waals surface area contributed by atoms with Crippen molar-refractivity contribution < 1.29 is 9.53 Å². The average Bonchev–Trinajstić information content (AvgIpc) is 2.47. The number of nitrogens with one attached hydrogen (secondary N) is 1. The van der Waals surface area contributed by atoms with Crippen molar-refractivity contribution >= 4 is 5.91 Å². The van der Waals surface area contributed by atoms with Crippen LogP contribution in [0.25, 0.3) is 0 Å². The number of ether oxygens (including phenoxy) is 1. The van der Waals surface area contributed by atoms with Gasteiger partial charge in [-0.05, 0) is 26.3 Å². The second kappa shape index (κ2) is 6.35. The van der Waals surface area contributed by atoms with Crippen LogP contribution in [0, 0.1) is 5.92 Å². The summed E-state index contributed by atoms with van der Waals surface area (Å²) in [7, 11) is 0. The third-order valence-electron chi connectivity index (χ3n) is 3.71. The molecule has 1 fully saturated rings. The SMILES string of the molecule is CC1=CC(C)C(=O)N(CCC2CNCCO2)C(C)=C1. The minimum atomic E-state index is -0.0425. The van der Waals surface area contributed by atoms with Crippen molar-refractivity contribution in [1.82, 2.24) is 10.2 Å². The van der Waals surface area contributed by atoms with E-state index in [-0.39, 0.29) is 17.9 Å². The average molecular weight is 264 g/mol. The summed E-state index contributed by atoms with van der Waals surface area (Å²) in [6, 6.07) is 0. The minimum absolute atomic E-state index is 0.0425. The van der Waals surface area contributed by atoms with Crippen LogP contribution in [0.4, 0.5) is 0 Å². The Labute approximate surface area is 115 Å². The highest BCUT2D eigenvalue weighted by Gasteiger charge is 2.24. The molecule has 2 rings (SSSR count). The highest BCUT2D eigenvalue weighted by atomic mass is 16.5. The lowest BCUT2D eigenvalue weighted by Gasteiger charge is -2.28. The van der Waals surface area contributed by atoms with Crippen LogP contribution >= 0.6 is 0 Å². The Hall–Kier alpha value is -1.13. The zero-order valence-electron chi connectivity index (χ0n) is 12.1. The Balaban J connectivity index is 1.97. The van der Waals surface area contributed by atoms with Crippen molar-refractivity contribution in [3.63, 3.8) is 0 Å². The number of morpholine rings is 1. The van der Waals surface area contributed by atoms with Gasteiger partial charge in [0.05, 0.1) is 18.6 Å². The molecular weight excluding hydrogens is 240 g/mol. The molecule has 0 aliphatic carbocycles. The molecule has 2 heterocycles. The van der Waals surface area contributed by atoms with E-state index < -0.39 is 0 Å². The van der Waals surface area contributed by atoms with Crippen LogP contribution in [0.3, 0.4) is 0 Å². The third-order valence-corrected chi connectivity index (χ3v) is 3.71. The summed E-state index contributed by atoms with van der Waals surface area (Å²) in [4.78, 5) is 14.3. The molecule has 2 unspecified atom stereocenters. The molecule has 106 valence electrons. The van der Waals surface area contributed by atoms with E-state index in [0.717, 1.165) is 43.9 Å². The topological polar surface area (TPSA) is 41.6 Å². The van der Waals surface area contributed by atoms with Gasteiger partial charge in [0, 0.05) is 25.3 Å². The number of allylic oxidation sites excluding steroid dienone is 3. The first-order valence-electron chi connectivity index (χ1n) is 7.08. The van der Waals surface area contributed by atoms with Crippen LogP contribution < -0.4 is 5.32 Å². The predicted octanol–water partition coefficient (Wildman–Crippen LogP) is 1.69. The maximum atomic E-state index is 12.4. The van der Waals surface area contributed by atoms with Crippen molar-refractivity contribution in [2.45, 2.75) is 33.3 Å². The van der Waals surface area contributed by atoms with Crippen molar-refractivity contribution in [2.75, 3.05) is 26.2 Å². The molecule has 0 bridgehead atoms. The van der Waals surface area contributed by atoms with Gasteiger partial charge >= 0.3 is 0 Å². The van der Waals surface area contributed by atoms with Gasteiger partial charge < -0.3 is 15.0 Å². The zero-order valence-corrected chi connectivity index (χ0v) is 12.1. The van der Waals surface area contributed by atoms with Crippen LogP contribution in [0.5, 0.6) is 0 Å². The summed E-state index contributed by atoms with van der Waals surface area (Å²) in [6.45, 7) is 9.33. The Bertz CT molecular complexity index is 395. The van der Waals surface area contributed by atoms with E-state index in [1.807, 2.05) is 31.7 Å². The molecule has 2 aliphatic rings. The van der Waals surface area contributed by atoms with E-state index in [0.29, 0.717) is 0 Å². The smallest absolute Gasteiger partial charge is 0.233 e. The number of nitrogens with zero attached hydrogens (tertiary/aromatic N) is 1. The maximum Gasteiger partial charge on any atom is 0.233 e. The molecule has 1 saturated heterocycles.